The molecule has 0 spiro atoms. The molecule has 0 radical (unpaired) electrons. The molecule has 0 aliphatic rings. The molecule has 2 rings (SSSR count). The number of benzene rings is 1. The Hall–Kier alpha value is -2.63. The van der Waals surface area contributed by atoms with E-state index in [1.54, 1.807) is 37.3 Å². The van der Waals surface area contributed by atoms with Crippen LogP contribution in [0.25, 0.3) is 0 Å². The smallest absolute Gasteiger partial charge is 0.291 e. The minimum absolute atomic E-state index is 0.103. The van der Waals surface area contributed by atoms with Crippen LogP contribution in [0.1, 0.15) is 21.7 Å². The number of aryl methyl sites for hydroxylation is 1. The molecular formula is C12H12N4O2. The highest BCUT2D eigenvalue weighted by atomic mass is 16.3. The van der Waals surface area contributed by atoms with Crippen LogP contribution in [0.3, 0.4) is 0 Å². The van der Waals surface area contributed by atoms with Crippen LogP contribution in [0.5, 0.6) is 5.75 Å². The number of hydrogen-bond donors (Lipinski definition) is 3. The van der Waals surface area contributed by atoms with Crippen LogP contribution in [0.4, 0.5) is 0 Å². The Kier molecular flexibility index (Phi) is 3.38. The number of aromatic nitrogens is 2. The number of amides is 1. The Morgan fingerprint density at radius 3 is 2.94 bits per heavy atom. The lowest BCUT2D eigenvalue weighted by molar-refractivity contribution is 0.0950. The number of H-pyrrole nitrogens is 1. The Morgan fingerprint density at radius 2 is 2.28 bits per heavy atom. The topological polar surface area (TPSA) is 90.4 Å². The van der Waals surface area contributed by atoms with Crippen LogP contribution in [-0.2, 0) is 0 Å². The van der Waals surface area contributed by atoms with Gasteiger partial charge in [-0.25, -0.2) is 5.43 Å². The SMILES string of the molecule is Cc1cc(C(=O)N/N=C\c2ccccc2O)n[nH]1. The van der Waals surface area contributed by atoms with Gasteiger partial charge in [0.2, 0.25) is 0 Å². The van der Waals surface area contributed by atoms with E-state index in [2.05, 4.69) is 20.7 Å². The molecule has 1 aromatic heterocycles. The van der Waals surface area contributed by atoms with Crippen molar-refractivity contribution in [3.05, 3.63) is 47.3 Å². The molecule has 0 aliphatic carbocycles. The van der Waals surface area contributed by atoms with Crippen LogP contribution >= 0.6 is 0 Å². The largest absolute Gasteiger partial charge is 0.507 e. The molecule has 0 saturated heterocycles. The highest BCUT2D eigenvalue weighted by Crippen LogP contribution is 2.12. The van der Waals surface area contributed by atoms with Gasteiger partial charge in [-0.3, -0.25) is 9.89 Å². The minimum Gasteiger partial charge on any atom is -0.507 e. The van der Waals surface area contributed by atoms with Crippen LogP contribution < -0.4 is 5.43 Å². The van der Waals surface area contributed by atoms with Crippen molar-refractivity contribution in [1.29, 1.82) is 0 Å². The molecule has 1 heterocycles. The van der Waals surface area contributed by atoms with Crippen molar-refractivity contribution in [1.82, 2.24) is 15.6 Å². The first kappa shape index (κ1) is 11.8. The summed E-state index contributed by atoms with van der Waals surface area (Å²) in [6.07, 6.45) is 1.37. The van der Waals surface area contributed by atoms with Crippen LogP contribution in [0.15, 0.2) is 35.4 Å². The van der Waals surface area contributed by atoms with Gasteiger partial charge in [0.1, 0.15) is 5.75 Å². The molecule has 3 N–H and O–H groups in total. The third-order valence-corrected chi connectivity index (χ3v) is 2.25. The van der Waals surface area contributed by atoms with Gasteiger partial charge in [0.05, 0.1) is 6.21 Å². The molecular weight excluding hydrogens is 232 g/mol. The Morgan fingerprint density at radius 1 is 1.50 bits per heavy atom. The summed E-state index contributed by atoms with van der Waals surface area (Å²) in [6.45, 7) is 1.80. The van der Waals surface area contributed by atoms with Gasteiger partial charge in [-0.2, -0.15) is 10.2 Å². The lowest BCUT2D eigenvalue weighted by Gasteiger charge is -1.97. The highest BCUT2D eigenvalue weighted by molar-refractivity contribution is 5.93. The van der Waals surface area contributed by atoms with Gasteiger partial charge in [0.25, 0.3) is 5.91 Å². The lowest BCUT2D eigenvalue weighted by Crippen LogP contribution is -2.18. The van der Waals surface area contributed by atoms with E-state index in [1.807, 2.05) is 0 Å². The van der Waals surface area contributed by atoms with Gasteiger partial charge < -0.3 is 5.11 Å². The van der Waals surface area contributed by atoms with Gasteiger partial charge in [-0.1, -0.05) is 12.1 Å². The molecule has 92 valence electrons. The molecule has 6 heteroatoms. The summed E-state index contributed by atoms with van der Waals surface area (Å²) in [4.78, 5) is 11.6. The first-order chi connectivity index (χ1) is 8.66. The zero-order chi connectivity index (χ0) is 13.0. The number of phenolic OH excluding ortho intramolecular Hbond substituents is 1. The van der Waals surface area contributed by atoms with E-state index in [9.17, 15) is 9.90 Å². The average molecular weight is 244 g/mol. The maximum atomic E-state index is 11.6. The molecule has 0 saturated carbocycles. The fourth-order valence-electron chi connectivity index (χ4n) is 1.35. The quantitative estimate of drug-likeness (QED) is 0.559. The number of hydrogen-bond acceptors (Lipinski definition) is 4. The van der Waals surface area contributed by atoms with Crippen molar-refractivity contribution in [2.45, 2.75) is 6.92 Å². The van der Waals surface area contributed by atoms with Crippen LogP contribution in [0, 0.1) is 6.92 Å². The number of carbonyl (C=O) groups is 1. The summed E-state index contributed by atoms with van der Waals surface area (Å²) < 4.78 is 0. The molecule has 0 aliphatic heterocycles. The van der Waals surface area contributed by atoms with Gasteiger partial charge >= 0.3 is 0 Å². The second kappa shape index (κ2) is 5.13. The number of rotatable bonds is 3. The van der Waals surface area contributed by atoms with Crippen LogP contribution in [-0.4, -0.2) is 27.4 Å². The third kappa shape index (κ3) is 2.73. The first-order valence-electron chi connectivity index (χ1n) is 5.30. The Labute approximate surface area is 103 Å². The number of aromatic amines is 1. The molecule has 0 bridgehead atoms. The number of para-hydroxylation sites is 1. The Balaban J connectivity index is 2.00. The number of nitrogens with zero attached hydrogens (tertiary/aromatic N) is 2. The summed E-state index contributed by atoms with van der Waals surface area (Å²) in [5.74, 6) is -0.308. The summed E-state index contributed by atoms with van der Waals surface area (Å²) in [7, 11) is 0. The number of carbonyl (C=O) groups excluding carboxylic acids is 1. The van der Waals surface area contributed by atoms with Crippen molar-refractivity contribution in [3.63, 3.8) is 0 Å². The average Bonchev–Trinajstić information content (AvgIpc) is 2.78. The van der Waals surface area contributed by atoms with E-state index in [4.69, 9.17) is 0 Å². The second-order valence-electron chi connectivity index (χ2n) is 3.69. The van der Waals surface area contributed by atoms with Crippen molar-refractivity contribution in [2.75, 3.05) is 0 Å². The molecule has 18 heavy (non-hydrogen) atoms. The first-order valence-corrected chi connectivity index (χ1v) is 5.30. The standard InChI is InChI=1S/C12H12N4O2/c1-8-6-10(15-14-8)12(18)16-13-7-9-4-2-3-5-11(9)17/h2-7,17H,1H3,(H,14,15)(H,16,18)/b13-7-. The van der Waals surface area contributed by atoms with Crippen molar-refractivity contribution >= 4 is 12.1 Å². The van der Waals surface area contributed by atoms with Crippen molar-refractivity contribution in [2.24, 2.45) is 5.10 Å². The number of phenols is 1. The van der Waals surface area contributed by atoms with E-state index in [0.717, 1.165) is 5.69 Å². The molecule has 1 amide bonds. The predicted molar refractivity (Wildman–Crippen MR) is 66.5 cm³/mol. The lowest BCUT2D eigenvalue weighted by atomic mass is 10.2. The molecule has 6 nitrogen and oxygen atoms in total. The van der Waals surface area contributed by atoms with Gasteiger partial charge in [0.15, 0.2) is 5.69 Å². The minimum atomic E-state index is -0.411. The monoisotopic (exact) mass is 244 g/mol. The highest BCUT2D eigenvalue weighted by Gasteiger charge is 2.07. The number of hydrazone groups is 1. The summed E-state index contributed by atoms with van der Waals surface area (Å²) in [6, 6.07) is 8.31. The number of aromatic hydroxyl groups is 1. The van der Waals surface area contributed by atoms with E-state index in [1.165, 1.54) is 6.21 Å². The van der Waals surface area contributed by atoms with Gasteiger partial charge in [0, 0.05) is 11.3 Å². The van der Waals surface area contributed by atoms with Gasteiger partial charge in [-0.15, -0.1) is 0 Å². The van der Waals surface area contributed by atoms with E-state index >= 15 is 0 Å². The molecule has 1 aromatic carbocycles. The van der Waals surface area contributed by atoms with E-state index in [-0.39, 0.29) is 11.4 Å². The van der Waals surface area contributed by atoms with Crippen molar-refractivity contribution < 1.29 is 9.90 Å². The Bertz CT molecular complexity index is 589. The zero-order valence-electron chi connectivity index (χ0n) is 9.71. The predicted octanol–water partition coefficient (Wildman–Crippen LogP) is 1.19. The third-order valence-electron chi connectivity index (χ3n) is 2.25. The zero-order valence-corrected chi connectivity index (χ0v) is 9.71. The maximum Gasteiger partial charge on any atom is 0.291 e. The molecule has 0 unspecified atom stereocenters. The van der Waals surface area contributed by atoms with Gasteiger partial charge in [-0.05, 0) is 25.1 Å². The molecule has 0 atom stereocenters. The van der Waals surface area contributed by atoms with E-state index in [0.29, 0.717) is 5.56 Å². The summed E-state index contributed by atoms with van der Waals surface area (Å²) in [5, 5.41) is 19.7. The fraction of sp³-hybridized carbons (Fsp3) is 0.0833. The summed E-state index contributed by atoms with van der Waals surface area (Å²) in [5.41, 5.74) is 3.91. The number of nitrogens with one attached hydrogen (secondary N) is 2. The van der Waals surface area contributed by atoms with E-state index < -0.39 is 5.91 Å². The summed E-state index contributed by atoms with van der Waals surface area (Å²) >= 11 is 0. The molecule has 0 fully saturated rings. The normalized spacial score (nSPS) is 10.7. The molecule has 2 aromatic rings. The van der Waals surface area contributed by atoms with Crippen molar-refractivity contribution in [3.8, 4) is 5.75 Å². The maximum absolute atomic E-state index is 11.6. The van der Waals surface area contributed by atoms with Crippen LogP contribution in [0.2, 0.25) is 0 Å². The second-order valence-corrected chi connectivity index (χ2v) is 3.69. The fourth-order valence-corrected chi connectivity index (χ4v) is 1.35.